The lowest BCUT2D eigenvalue weighted by molar-refractivity contribution is -0.148. The molecule has 0 bridgehead atoms. The highest BCUT2D eigenvalue weighted by Crippen LogP contribution is 2.26. The summed E-state index contributed by atoms with van der Waals surface area (Å²) in [4.78, 5) is 25.9. The highest BCUT2D eigenvalue weighted by atomic mass is 32.1. The van der Waals surface area contributed by atoms with Crippen molar-refractivity contribution in [1.82, 2.24) is 4.98 Å². The van der Waals surface area contributed by atoms with Gasteiger partial charge < -0.3 is 15.9 Å². The predicted octanol–water partition coefficient (Wildman–Crippen LogP) is 1.60. The summed E-state index contributed by atoms with van der Waals surface area (Å²) in [6, 6.07) is 5.25. The minimum Gasteiger partial charge on any atom is -0.481 e. The third kappa shape index (κ3) is 3.19. The van der Waals surface area contributed by atoms with E-state index < -0.39 is 24.3 Å². The standard InChI is InChI=1S/C12H12N2O4S/c13-7-1-2-8-9(5-7)19-10(14-8)3-6(12(17)18)4-11(15)16/h1-2,5-6H,3-4,13H2,(H,15,16)(H,17,18). The molecular weight excluding hydrogens is 268 g/mol. The molecule has 1 unspecified atom stereocenters. The second-order valence-corrected chi connectivity index (χ2v) is 5.29. The molecule has 7 heteroatoms. The average Bonchev–Trinajstić information content (AvgIpc) is 2.68. The van der Waals surface area contributed by atoms with Crippen LogP contribution < -0.4 is 5.73 Å². The molecule has 1 aromatic heterocycles. The van der Waals surface area contributed by atoms with Crippen molar-refractivity contribution in [2.45, 2.75) is 12.8 Å². The van der Waals surface area contributed by atoms with Gasteiger partial charge in [0.05, 0.1) is 27.6 Å². The molecule has 0 aliphatic rings. The summed E-state index contributed by atoms with van der Waals surface area (Å²) in [5.41, 5.74) is 7.01. The van der Waals surface area contributed by atoms with Crippen LogP contribution in [0.25, 0.3) is 10.2 Å². The molecule has 1 atom stereocenters. The predicted molar refractivity (Wildman–Crippen MR) is 71.1 cm³/mol. The number of carbonyl (C=O) groups is 2. The highest BCUT2D eigenvalue weighted by Gasteiger charge is 2.23. The number of carboxylic acid groups (broad SMARTS) is 2. The van der Waals surface area contributed by atoms with Crippen LogP contribution in [0, 0.1) is 5.92 Å². The number of nitrogen functional groups attached to an aromatic ring is 1. The van der Waals surface area contributed by atoms with Crippen LogP contribution in [-0.2, 0) is 16.0 Å². The Bertz CT molecular complexity index is 638. The van der Waals surface area contributed by atoms with Crippen LogP contribution in [0.1, 0.15) is 11.4 Å². The molecule has 0 spiro atoms. The maximum atomic E-state index is 11.0. The molecule has 4 N–H and O–H groups in total. The maximum Gasteiger partial charge on any atom is 0.307 e. The van der Waals surface area contributed by atoms with Gasteiger partial charge in [-0.15, -0.1) is 11.3 Å². The number of rotatable bonds is 5. The number of anilines is 1. The van der Waals surface area contributed by atoms with E-state index in [0.29, 0.717) is 10.7 Å². The fourth-order valence-corrected chi connectivity index (χ4v) is 2.84. The van der Waals surface area contributed by atoms with Gasteiger partial charge in [0.25, 0.3) is 0 Å². The van der Waals surface area contributed by atoms with E-state index in [2.05, 4.69) is 4.98 Å². The fourth-order valence-electron chi connectivity index (χ4n) is 1.74. The lowest BCUT2D eigenvalue weighted by Crippen LogP contribution is -2.20. The number of aromatic nitrogens is 1. The molecule has 0 fully saturated rings. The number of aliphatic carboxylic acids is 2. The van der Waals surface area contributed by atoms with E-state index in [0.717, 1.165) is 10.2 Å². The summed E-state index contributed by atoms with van der Waals surface area (Å²) in [6.07, 6.45) is -0.297. The van der Waals surface area contributed by atoms with Crippen LogP contribution in [0.2, 0.25) is 0 Å². The first-order valence-corrected chi connectivity index (χ1v) is 6.37. The minimum absolute atomic E-state index is 0.112. The Labute approximate surface area is 112 Å². The molecule has 1 aromatic carbocycles. The Balaban J connectivity index is 2.23. The first kappa shape index (κ1) is 13.3. The molecular formula is C12H12N2O4S. The molecule has 0 saturated heterocycles. The van der Waals surface area contributed by atoms with Crippen molar-refractivity contribution in [3.8, 4) is 0 Å². The molecule has 0 aliphatic heterocycles. The van der Waals surface area contributed by atoms with Crippen molar-refractivity contribution in [2.24, 2.45) is 5.92 Å². The van der Waals surface area contributed by atoms with Gasteiger partial charge >= 0.3 is 11.9 Å². The van der Waals surface area contributed by atoms with E-state index in [1.165, 1.54) is 11.3 Å². The molecule has 0 saturated carbocycles. The van der Waals surface area contributed by atoms with E-state index in [4.69, 9.17) is 15.9 Å². The van der Waals surface area contributed by atoms with E-state index in [9.17, 15) is 9.59 Å². The lowest BCUT2D eigenvalue weighted by Gasteiger charge is -2.06. The number of carboxylic acids is 2. The summed E-state index contributed by atoms with van der Waals surface area (Å²) in [5, 5.41) is 18.3. The van der Waals surface area contributed by atoms with Gasteiger partial charge in [0.15, 0.2) is 0 Å². The van der Waals surface area contributed by atoms with E-state index in [1.54, 1.807) is 18.2 Å². The number of fused-ring (bicyclic) bond motifs is 1. The number of hydrogen-bond acceptors (Lipinski definition) is 5. The zero-order chi connectivity index (χ0) is 14.0. The second kappa shape index (κ2) is 5.23. The quantitative estimate of drug-likeness (QED) is 0.717. The molecule has 6 nitrogen and oxygen atoms in total. The van der Waals surface area contributed by atoms with Crippen molar-refractivity contribution in [3.63, 3.8) is 0 Å². The van der Waals surface area contributed by atoms with Gasteiger partial charge in [-0.1, -0.05) is 0 Å². The van der Waals surface area contributed by atoms with Gasteiger partial charge in [-0.2, -0.15) is 0 Å². The van der Waals surface area contributed by atoms with Gasteiger partial charge in [0.2, 0.25) is 0 Å². The largest absolute Gasteiger partial charge is 0.481 e. The number of benzene rings is 1. The lowest BCUT2D eigenvalue weighted by atomic mass is 10.0. The molecule has 2 rings (SSSR count). The maximum absolute atomic E-state index is 11.0. The van der Waals surface area contributed by atoms with Crippen LogP contribution >= 0.6 is 11.3 Å². The molecule has 0 radical (unpaired) electrons. The number of thiazole rings is 1. The van der Waals surface area contributed by atoms with Crippen molar-refractivity contribution >= 4 is 39.2 Å². The summed E-state index contributed by atoms with van der Waals surface area (Å²) < 4.78 is 0.870. The van der Waals surface area contributed by atoms with Crippen molar-refractivity contribution in [3.05, 3.63) is 23.2 Å². The number of hydrogen-bond donors (Lipinski definition) is 3. The van der Waals surface area contributed by atoms with Crippen LogP contribution in [0.5, 0.6) is 0 Å². The SMILES string of the molecule is Nc1ccc2nc(CC(CC(=O)O)C(=O)O)sc2c1. The van der Waals surface area contributed by atoms with E-state index in [-0.39, 0.29) is 6.42 Å². The minimum atomic E-state index is -1.13. The molecule has 100 valence electrons. The highest BCUT2D eigenvalue weighted by molar-refractivity contribution is 7.18. The second-order valence-electron chi connectivity index (χ2n) is 4.17. The van der Waals surface area contributed by atoms with Gasteiger partial charge in [-0.05, 0) is 18.2 Å². The summed E-state index contributed by atoms with van der Waals surface area (Å²) in [7, 11) is 0. The first-order chi connectivity index (χ1) is 8.95. The van der Waals surface area contributed by atoms with Crippen LogP contribution in [0.15, 0.2) is 18.2 Å². The summed E-state index contributed by atoms with van der Waals surface area (Å²) >= 11 is 1.34. The zero-order valence-electron chi connectivity index (χ0n) is 9.87. The van der Waals surface area contributed by atoms with Crippen molar-refractivity contribution in [2.75, 3.05) is 5.73 Å². The zero-order valence-corrected chi connectivity index (χ0v) is 10.7. The topological polar surface area (TPSA) is 114 Å². The summed E-state index contributed by atoms with van der Waals surface area (Å²) in [5.74, 6) is -3.21. The molecule has 0 aliphatic carbocycles. The molecule has 0 amide bonds. The summed E-state index contributed by atoms with van der Waals surface area (Å²) in [6.45, 7) is 0. The Hall–Kier alpha value is -2.15. The Morgan fingerprint density at radius 1 is 1.37 bits per heavy atom. The van der Waals surface area contributed by atoms with Gasteiger partial charge in [-0.3, -0.25) is 9.59 Å². The van der Waals surface area contributed by atoms with E-state index in [1.807, 2.05) is 0 Å². The van der Waals surface area contributed by atoms with Crippen molar-refractivity contribution < 1.29 is 19.8 Å². The van der Waals surface area contributed by atoms with Crippen LogP contribution in [0.3, 0.4) is 0 Å². The first-order valence-electron chi connectivity index (χ1n) is 5.55. The monoisotopic (exact) mass is 280 g/mol. The Morgan fingerprint density at radius 3 is 2.74 bits per heavy atom. The fraction of sp³-hybridized carbons (Fsp3) is 0.250. The normalized spacial score (nSPS) is 12.4. The van der Waals surface area contributed by atoms with Crippen molar-refractivity contribution in [1.29, 1.82) is 0 Å². The van der Waals surface area contributed by atoms with Crippen LogP contribution in [0.4, 0.5) is 5.69 Å². The Morgan fingerprint density at radius 2 is 2.11 bits per heavy atom. The smallest absolute Gasteiger partial charge is 0.307 e. The average molecular weight is 280 g/mol. The van der Waals surface area contributed by atoms with E-state index >= 15 is 0 Å². The molecule has 19 heavy (non-hydrogen) atoms. The number of nitrogens with zero attached hydrogens (tertiary/aromatic N) is 1. The van der Waals surface area contributed by atoms with Gasteiger partial charge in [-0.25, -0.2) is 4.98 Å². The third-order valence-corrected chi connectivity index (χ3v) is 3.69. The van der Waals surface area contributed by atoms with Gasteiger partial charge in [0.1, 0.15) is 0 Å². The third-order valence-electron chi connectivity index (χ3n) is 2.65. The van der Waals surface area contributed by atoms with Gasteiger partial charge in [0, 0.05) is 12.1 Å². The number of nitrogens with two attached hydrogens (primary N) is 1. The Kier molecular flexibility index (Phi) is 3.66. The molecule has 2 aromatic rings. The van der Waals surface area contributed by atoms with Crippen LogP contribution in [-0.4, -0.2) is 27.1 Å². The molecule has 1 heterocycles.